The summed E-state index contributed by atoms with van der Waals surface area (Å²) in [5, 5.41) is 0. The van der Waals surface area contributed by atoms with Crippen LogP contribution < -0.4 is 0 Å². The Labute approximate surface area is 181 Å². The molecule has 2 atom stereocenters. The number of likely N-dealkylation sites (tertiary alicyclic amines) is 2. The average molecular weight is 435 g/mol. The number of carbonyl (C=O) groups excluding carboxylic acids is 1. The van der Waals surface area contributed by atoms with E-state index in [-0.39, 0.29) is 36.8 Å². The van der Waals surface area contributed by atoms with Gasteiger partial charge in [-0.1, -0.05) is 0 Å². The average Bonchev–Trinajstić information content (AvgIpc) is 3.38. The second-order valence-electron chi connectivity index (χ2n) is 8.31. The SMILES string of the molecule is CCOC(=O)C1CCC(O[C@@H](N2CCCC2)N2CCC[C@@]2(COC)OC)CC1.Cl. The fraction of sp³-hybridized carbons (Fsp3) is 0.952. The van der Waals surface area contributed by atoms with E-state index in [1.807, 2.05) is 6.92 Å². The maximum absolute atomic E-state index is 12.0. The topological polar surface area (TPSA) is 60.5 Å². The lowest BCUT2D eigenvalue weighted by atomic mass is 9.87. The van der Waals surface area contributed by atoms with Crippen molar-refractivity contribution < 1.29 is 23.7 Å². The molecule has 29 heavy (non-hydrogen) atoms. The molecule has 170 valence electrons. The predicted molar refractivity (Wildman–Crippen MR) is 113 cm³/mol. The minimum Gasteiger partial charge on any atom is -0.466 e. The molecule has 0 aromatic heterocycles. The third-order valence-electron chi connectivity index (χ3n) is 6.57. The Hall–Kier alpha value is -0.440. The van der Waals surface area contributed by atoms with Gasteiger partial charge in [-0.05, 0) is 58.3 Å². The number of halogens is 1. The lowest BCUT2D eigenvalue weighted by molar-refractivity contribution is -0.259. The summed E-state index contributed by atoms with van der Waals surface area (Å²) in [7, 11) is 3.52. The summed E-state index contributed by atoms with van der Waals surface area (Å²) in [5.41, 5.74) is -0.413. The van der Waals surface area contributed by atoms with Gasteiger partial charge in [-0.25, -0.2) is 4.90 Å². The first-order valence-electron chi connectivity index (χ1n) is 11.0. The molecular weight excluding hydrogens is 396 g/mol. The number of esters is 1. The number of methoxy groups -OCH3 is 2. The van der Waals surface area contributed by atoms with Crippen LogP contribution in [0.3, 0.4) is 0 Å². The fourth-order valence-electron chi connectivity index (χ4n) is 5.03. The Morgan fingerprint density at radius 3 is 2.34 bits per heavy atom. The molecule has 0 aromatic rings. The molecule has 7 nitrogen and oxygen atoms in total. The summed E-state index contributed by atoms with van der Waals surface area (Å²) < 4.78 is 23.4. The minimum absolute atomic E-state index is 0. The van der Waals surface area contributed by atoms with Gasteiger partial charge in [0, 0.05) is 33.9 Å². The molecule has 2 aliphatic heterocycles. The highest BCUT2D eigenvalue weighted by molar-refractivity contribution is 5.85. The number of nitrogens with zero attached hydrogens (tertiary/aromatic N) is 2. The zero-order chi connectivity index (χ0) is 20.0. The van der Waals surface area contributed by atoms with E-state index in [1.165, 1.54) is 12.8 Å². The van der Waals surface area contributed by atoms with Gasteiger partial charge in [-0.15, -0.1) is 12.4 Å². The van der Waals surface area contributed by atoms with Crippen molar-refractivity contribution in [2.45, 2.75) is 76.5 Å². The first-order valence-corrected chi connectivity index (χ1v) is 11.0. The molecule has 2 saturated heterocycles. The van der Waals surface area contributed by atoms with Crippen molar-refractivity contribution in [1.29, 1.82) is 0 Å². The highest BCUT2D eigenvalue weighted by atomic mass is 35.5. The smallest absolute Gasteiger partial charge is 0.308 e. The number of hydrogen-bond donors (Lipinski definition) is 0. The number of hydrogen-bond acceptors (Lipinski definition) is 7. The summed E-state index contributed by atoms with van der Waals surface area (Å²) in [6.07, 6.45) is 8.09. The van der Waals surface area contributed by atoms with Gasteiger partial charge in [0.05, 0.1) is 25.2 Å². The molecule has 1 aliphatic carbocycles. The van der Waals surface area contributed by atoms with Gasteiger partial charge >= 0.3 is 5.97 Å². The zero-order valence-corrected chi connectivity index (χ0v) is 19.1. The molecule has 0 N–H and O–H groups in total. The first kappa shape index (κ1) is 24.8. The Morgan fingerprint density at radius 2 is 1.76 bits per heavy atom. The predicted octanol–water partition coefficient (Wildman–Crippen LogP) is 3.01. The van der Waals surface area contributed by atoms with Crippen LogP contribution in [0.5, 0.6) is 0 Å². The fourth-order valence-corrected chi connectivity index (χ4v) is 5.03. The lowest BCUT2D eigenvalue weighted by Crippen LogP contribution is -2.60. The minimum atomic E-state index is -0.413. The largest absolute Gasteiger partial charge is 0.466 e. The van der Waals surface area contributed by atoms with Gasteiger partial charge in [0.2, 0.25) is 0 Å². The number of rotatable bonds is 9. The van der Waals surface area contributed by atoms with E-state index in [0.29, 0.717) is 13.2 Å². The van der Waals surface area contributed by atoms with Crippen molar-refractivity contribution in [3.05, 3.63) is 0 Å². The van der Waals surface area contributed by atoms with Crippen molar-refractivity contribution in [1.82, 2.24) is 9.80 Å². The van der Waals surface area contributed by atoms with Crippen LogP contribution in [0.4, 0.5) is 0 Å². The van der Waals surface area contributed by atoms with E-state index in [4.69, 9.17) is 18.9 Å². The van der Waals surface area contributed by atoms with Gasteiger partial charge in [-0.3, -0.25) is 9.69 Å². The molecule has 0 aromatic carbocycles. The molecule has 3 rings (SSSR count). The molecule has 0 amide bonds. The highest BCUT2D eigenvalue weighted by Crippen LogP contribution is 2.36. The van der Waals surface area contributed by atoms with Crippen LogP contribution in [-0.4, -0.2) is 81.0 Å². The molecule has 3 fully saturated rings. The van der Waals surface area contributed by atoms with Crippen molar-refractivity contribution in [3.8, 4) is 0 Å². The molecule has 8 heteroatoms. The van der Waals surface area contributed by atoms with Crippen LogP contribution in [0, 0.1) is 5.92 Å². The summed E-state index contributed by atoms with van der Waals surface area (Å²) in [6, 6.07) is 0. The van der Waals surface area contributed by atoms with Crippen LogP contribution in [-0.2, 0) is 23.7 Å². The second-order valence-corrected chi connectivity index (χ2v) is 8.31. The third-order valence-corrected chi connectivity index (χ3v) is 6.57. The van der Waals surface area contributed by atoms with Crippen LogP contribution in [0.1, 0.15) is 58.3 Å². The van der Waals surface area contributed by atoms with Crippen molar-refractivity contribution in [2.24, 2.45) is 5.92 Å². The van der Waals surface area contributed by atoms with Gasteiger partial charge in [0.15, 0.2) is 6.35 Å². The van der Waals surface area contributed by atoms with Gasteiger partial charge in [0.1, 0.15) is 5.72 Å². The molecule has 3 aliphatic rings. The molecular formula is C21H39ClN2O5. The lowest BCUT2D eigenvalue weighted by Gasteiger charge is -2.46. The summed E-state index contributed by atoms with van der Waals surface area (Å²) in [6.45, 7) is 5.95. The molecule has 2 heterocycles. The molecule has 1 saturated carbocycles. The maximum atomic E-state index is 12.0. The van der Waals surface area contributed by atoms with Crippen molar-refractivity contribution in [2.75, 3.05) is 47.1 Å². The van der Waals surface area contributed by atoms with Gasteiger partial charge in [-0.2, -0.15) is 0 Å². The van der Waals surface area contributed by atoms with Crippen molar-refractivity contribution >= 4 is 18.4 Å². The Kier molecular flexibility index (Phi) is 10.1. The normalized spacial score (nSPS) is 32.1. The van der Waals surface area contributed by atoms with E-state index in [9.17, 15) is 4.79 Å². The van der Waals surface area contributed by atoms with Crippen molar-refractivity contribution in [3.63, 3.8) is 0 Å². The monoisotopic (exact) mass is 434 g/mol. The Bertz CT molecular complexity index is 497. The molecule has 0 unspecified atom stereocenters. The quantitative estimate of drug-likeness (QED) is 0.517. The van der Waals surface area contributed by atoms with Crippen LogP contribution in [0.2, 0.25) is 0 Å². The van der Waals surface area contributed by atoms with Gasteiger partial charge in [0.25, 0.3) is 0 Å². The highest BCUT2D eigenvalue weighted by Gasteiger charge is 2.48. The maximum Gasteiger partial charge on any atom is 0.308 e. The van der Waals surface area contributed by atoms with Crippen LogP contribution >= 0.6 is 12.4 Å². The van der Waals surface area contributed by atoms with E-state index in [2.05, 4.69) is 9.80 Å². The first-order chi connectivity index (χ1) is 13.6. The van der Waals surface area contributed by atoms with E-state index in [1.54, 1.807) is 14.2 Å². The van der Waals surface area contributed by atoms with E-state index in [0.717, 1.165) is 58.2 Å². The number of carbonyl (C=O) groups is 1. The van der Waals surface area contributed by atoms with Crippen LogP contribution in [0.15, 0.2) is 0 Å². The Morgan fingerprint density at radius 1 is 1.07 bits per heavy atom. The summed E-state index contributed by atoms with van der Waals surface area (Å²) in [5.74, 6) is -0.0153. The molecule has 0 bridgehead atoms. The van der Waals surface area contributed by atoms with E-state index < -0.39 is 5.72 Å². The third kappa shape index (κ3) is 5.83. The van der Waals surface area contributed by atoms with Crippen LogP contribution in [0.25, 0.3) is 0 Å². The molecule has 0 spiro atoms. The zero-order valence-electron chi connectivity index (χ0n) is 18.3. The summed E-state index contributed by atoms with van der Waals surface area (Å²) in [4.78, 5) is 16.9. The standard InChI is InChI=1S/C21H38N2O5.ClH/c1-4-27-19(24)17-8-10-18(11-9-17)28-20(22-13-5-6-14-22)23-15-7-12-21(23,26-3)16-25-2;/h17-18,20H,4-16H2,1-3H3;1H/t17?,18?,20-,21-;/m0./s1. The summed E-state index contributed by atoms with van der Waals surface area (Å²) >= 11 is 0. The van der Waals surface area contributed by atoms with E-state index >= 15 is 0 Å². The second kappa shape index (κ2) is 11.8. The molecule has 0 radical (unpaired) electrons. The number of ether oxygens (including phenoxy) is 4. The van der Waals surface area contributed by atoms with Gasteiger partial charge < -0.3 is 18.9 Å². The Balaban J connectivity index is 0.00000300.